The van der Waals surface area contributed by atoms with E-state index in [2.05, 4.69) is 15.9 Å². The van der Waals surface area contributed by atoms with Gasteiger partial charge in [-0.1, -0.05) is 0 Å². The second kappa shape index (κ2) is 7.68. The average molecular weight is 382 g/mol. The predicted octanol–water partition coefficient (Wildman–Crippen LogP) is 3.22. The van der Waals surface area contributed by atoms with E-state index < -0.39 is 10.0 Å². The number of halogens is 1. The number of hydrogen-bond acceptors (Lipinski definition) is 4. The summed E-state index contributed by atoms with van der Waals surface area (Å²) in [6.07, 6.45) is 2.84. The van der Waals surface area contributed by atoms with Crippen molar-refractivity contribution in [1.82, 2.24) is 4.31 Å². The molecule has 1 rings (SSSR count). The summed E-state index contributed by atoms with van der Waals surface area (Å²) >= 11 is 5.03. The molecule has 1 atom stereocenters. The lowest BCUT2D eigenvalue weighted by Gasteiger charge is -2.24. The van der Waals surface area contributed by atoms with E-state index in [1.54, 1.807) is 44.1 Å². The molecule has 0 aliphatic carbocycles. The lowest BCUT2D eigenvalue weighted by atomic mass is 10.3. The number of methoxy groups -OCH3 is 1. The molecule has 0 aliphatic heterocycles. The predicted molar refractivity (Wildman–Crippen MR) is 88.1 cm³/mol. The fourth-order valence-electron chi connectivity index (χ4n) is 1.68. The number of benzene rings is 1. The van der Waals surface area contributed by atoms with Crippen LogP contribution >= 0.6 is 27.7 Å². The van der Waals surface area contributed by atoms with Gasteiger partial charge in [0.2, 0.25) is 10.0 Å². The maximum absolute atomic E-state index is 12.5. The van der Waals surface area contributed by atoms with Crippen molar-refractivity contribution in [3.63, 3.8) is 0 Å². The minimum atomic E-state index is -3.48. The van der Waals surface area contributed by atoms with Gasteiger partial charge in [-0.05, 0) is 59.5 Å². The van der Waals surface area contributed by atoms with Gasteiger partial charge in [0.25, 0.3) is 0 Å². The fourth-order valence-corrected chi connectivity index (χ4v) is 4.37. The average Bonchev–Trinajstić information content (AvgIpc) is 2.43. The van der Waals surface area contributed by atoms with Gasteiger partial charge in [-0.15, -0.1) is 0 Å². The lowest BCUT2D eigenvalue weighted by molar-refractivity contribution is 0.382. The van der Waals surface area contributed by atoms with Crippen LogP contribution in [0.2, 0.25) is 0 Å². The van der Waals surface area contributed by atoms with E-state index in [0.717, 1.165) is 12.2 Å². The molecule has 0 amide bonds. The zero-order valence-electron chi connectivity index (χ0n) is 12.1. The Hall–Kier alpha value is -0.240. The molecule has 0 bridgehead atoms. The molecule has 0 fully saturated rings. The Bertz CT molecular complexity index is 549. The zero-order chi connectivity index (χ0) is 15.3. The standard InChI is InChI=1S/C13H20BrNO3S2/c1-10(7-8-19-4)15(2)20(16,17)11-5-6-13(18-3)12(14)9-11/h5-6,9-10H,7-8H2,1-4H3. The molecule has 0 spiro atoms. The number of sulfonamides is 1. The van der Waals surface area contributed by atoms with Crippen molar-refractivity contribution in [1.29, 1.82) is 0 Å². The van der Waals surface area contributed by atoms with Crippen LogP contribution in [0.1, 0.15) is 13.3 Å². The Morgan fingerprint density at radius 2 is 2.10 bits per heavy atom. The van der Waals surface area contributed by atoms with Crippen molar-refractivity contribution in [2.75, 3.05) is 26.2 Å². The molecule has 1 aromatic carbocycles. The van der Waals surface area contributed by atoms with Crippen LogP contribution in [0.3, 0.4) is 0 Å². The molecule has 0 saturated heterocycles. The Balaban J connectivity index is 3.01. The monoisotopic (exact) mass is 381 g/mol. The van der Waals surface area contributed by atoms with Crippen LogP contribution in [0.25, 0.3) is 0 Å². The van der Waals surface area contributed by atoms with Gasteiger partial charge in [-0.3, -0.25) is 0 Å². The van der Waals surface area contributed by atoms with Crippen molar-refractivity contribution in [2.24, 2.45) is 0 Å². The van der Waals surface area contributed by atoms with Crippen LogP contribution in [-0.4, -0.2) is 44.9 Å². The van der Waals surface area contributed by atoms with Crippen LogP contribution in [0.15, 0.2) is 27.6 Å². The first kappa shape index (κ1) is 17.8. The van der Waals surface area contributed by atoms with Crippen molar-refractivity contribution >= 4 is 37.7 Å². The van der Waals surface area contributed by atoms with Crippen LogP contribution in [-0.2, 0) is 10.0 Å². The van der Waals surface area contributed by atoms with E-state index in [4.69, 9.17) is 4.74 Å². The molecule has 0 heterocycles. The van der Waals surface area contributed by atoms with Crippen molar-refractivity contribution in [3.05, 3.63) is 22.7 Å². The molecule has 0 aromatic heterocycles. The summed E-state index contributed by atoms with van der Waals surface area (Å²) in [6.45, 7) is 1.92. The van der Waals surface area contributed by atoms with Crippen molar-refractivity contribution in [3.8, 4) is 5.75 Å². The van der Waals surface area contributed by atoms with Gasteiger partial charge < -0.3 is 4.74 Å². The van der Waals surface area contributed by atoms with E-state index in [-0.39, 0.29) is 10.9 Å². The second-order valence-electron chi connectivity index (χ2n) is 4.45. The first-order chi connectivity index (χ1) is 9.34. The lowest BCUT2D eigenvalue weighted by Crippen LogP contribution is -2.35. The summed E-state index contributed by atoms with van der Waals surface area (Å²) in [5, 5.41) is 0. The largest absolute Gasteiger partial charge is 0.496 e. The summed E-state index contributed by atoms with van der Waals surface area (Å²) in [6, 6.07) is 4.76. The molecule has 1 aromatic rings. The van der Waals surface area contributed by atoms with Crippen molar-refractivity contribution in [2.45, 2.75) is 24.3 Å². The fraction of sp³-hybridized carbons (Fsp3) is 0.538. The molecular formula is C13H20BrNO3S2. The minimum absolute atomic E-state index is 0.0340. The topological polar surface area (TPSA) is 46.6 Å². The molecular weight excluding hydrogens is 362 g/mol. The van der Waals surface area contributed by atoms with Crippen molar-refractivity contribution < 1.29 is 13.2 Å². The molecule has 0 N–H and O–H groups in total. The number of hydrogen-bond donors (Lipinski definition) is 0. The van der Waals surface area contributed by atoms with Gasteiger partial charge >= 0.3 is 0 Å². The van der Waals surface area contributed by atoms with Gasteiger partial charge in [0, 0.05) is 13.1 Å². The van der Waals surface area contributed by atoms with Crippen LogP contribution < -0.4 is 4.74 Å². The molecule has 7 heteroatoms. The highest BCUT2D eigenvalue weighted by molar-refractivity contribution is 9.10. The van der Waals surface area contributed by atoms with E-state index in [0.29, 0.717) is 10.2 Å². The third-order valence-corrected chi connectivity index (χ3v) is 6.39. The third-order valence-electron chi connectivity index (χ3n) is 3.16. The Morgan fingerprint density at radius 1 is 1.45 bits per heavy atom. The number of nitrogens with zero attached hydrogens (tertiary/aromatic N) is 1. The van der Waals surface area contributed by atoms with Gasteiger partial charge in [-0.25, -0.2) is 8.42 Å². The normalized spacial score (nSPS) is 13.5. The zero-order valence-corrected chi connectivity index (χ0v) is 15.3. The maximum Gasteiger partial charge on any atom is 0.243 e. The summed E-state index contributed by atoms with van der Waals surface area (Å²) in [5.41, 5.74) is 0. The van der Waals surface area contributed by atoms with Gasteiger partial charge in [0.05, 0.1) is 16.5 Å². The van der Waals surface area contributed by atoms with Gasteiger partial charge in [0.1, 0.15) is 5.75 Å². The molecule has 20 heavy (non-hydrogen) atoms. The summed E-state index contributed by atoms with van der Waals surface area (Å²) < 4.78 is 32.3. The Labute approximate surface area is 134 Å². The van der Waals surface area contributed by atoms with E-state index in [1.807, 2.05) is 13.2 Å². The van der Waals surface area contributed by atoms with Gasteiger partial charge in [0.15, 0.2) is 0 Å². The van der Waals surface area contributed by atoms with E-state index >= 15 is 0 Å². The highest BCUT2D eigenvalue weighted by atomic mass is 79.9. The van der Waals surface area contributed by atoms with Gasteiger partial charge in [-0.2, -0.15) is 16.1 Å². The molecule has 0 aliphatic rings. The number of rotatable bonds is 7. The van der Waals surface area contributed by atoms with E-state index in [1.165, 1.54) is 4.31 Å². The van der Waals surface area contributed by atoms with Crippen LogP contribution in [0.5, 0.6) is 5.75 Å². The third kappa shape index (κ3) is 4.13. The molecule has 0 radical (unpaired) electrons. The molecule has 4 nitrogen and oxygen atoms in total. The van der Waals surface area contributed by atoms with Crippen LogP contribution in [0.4, 0.5) is 0 Å². The Morgan fingerprint density at radius 3 is 2.60 bits per heavy atom. The minimum Gasteiger partial charge on any atom is -0.496 e. The highest BCUT2D eigenvalue weighted by Gasteiger charge is 2.25. The summed E-state index contributed by atoms with van der Waals surface area (Å²) in [4.78, 5) is 0.267. The summed E-state index contributed by atoms with van der Waals surface area (Å²) in [5.74, 6) is 1.55. The molecule has 0 saturated carbocycles. The number of thioether (sulfide) groups is 1. The Kier molecular flexibility index (Phi) is 6.84. The van der Waals surface area contributed by atoms with E-state index in [9.17, 15) is 8.42 Å². The first-order valence-corrected chi connectivity index (χ1v) is 9.77. The molecule has 1 unspecified atom stereocenters. The van der Waals surface area contributed by atoms with Crippen LogP contribution in [0, 0.1) is 0 Å². The quantitative estimate of drug-likeness (QED) is 0.727. The SMILES string of the molecule is COc1ccc(S(=O)(=O)N(C)C(C)CCSC)cc1Br. The second-order valence-corrected chi connectivity index (χ2v) is 8.29. The maximum atomic E-state index is 12.5. The number of ether oxygens (including phenoxy) is 1. The highest BCUT2D eigenvalue weighted by Crippen LogP contribution is 2.29. The smallest absolute Gasteiger partial charge is 0.243 e. The first-order valence-electron chi connectivity index (χ1n) is 6.15. The summed E-state index contributed by atoms with van der Waals surface area (Å²) in [7, 11) is -0.308. The molecule has 114 valence electrons.